The number of anilines is 1. The quantitative estimate of drug-likeness (QED) is 0.624. The van der Waals surface area contributed by atoms with E-state index in [1.165, 1.54) is 22.5 Å². The molecule has 2 saturated heterocycles. The van der Waals surface area contributed by atoms with Gasteiger partial charge in [-0.15, -0.1) is 0 Å². The van der Waals surface area contributed by atoms with E-state index in [0.29, 0.717) is 38.0 Å². The maximum atomic E-state index is 13.2. The largest absolute Gasteiger partial charge is 0.417 e. The lowest BCUT2D eigenvalue weighted by Crippen LogP contribution is -2.53. The van der Waals surface area contributed by atoms with Crippen LogP contribution in [0.3, 0.4) is 0 Å². The van der Waals surface area contributed by atoms with E-state index in [9.17, 15) is 18.0 Å². The van der Waals surface area contributed by atoms with Gasteiger partial charge in [-0.3, -0.25) is 9.78 Å². The fraction of sp³-hybridized carbons (Fsp3) is 0.391. The van der Waals surface area contributed by atoms with Crippen LogP contribution in [0.1, 0.15) is 12.8 Å². The Labute approximate surface area is 191 Å². The van der Waals surface area contributed by atoms with Crippen LogP contribution < -0.4 is 10.7 Å². The Morgan fingerprint density at radius 3 is 2.52 bits per heavy atom. The second-order valence-corrected chi connectivity index (χ2v) is 10.5. The zero-order valence-corrected chi connectivity index (χ0v) is 19.0. The van der Waals surface area contributed by atoms with E-state index in [4.69, 9.17) is 4.42 Å². The van der Waals surface area contributed by atoms with Crippen molar-refractivity contribution in [2.75, 3.05) is 44.2 Å². The lowest BCUT2D eigenvalue weighted by atomic mass is 9.97. The van der Waals surface area contributed by atoms with Gasteiger partial charge < -0.3 is 14.2 Å². The maximum absolute atomic E-state index is 13.2. The molecular weight excluding hydrogens is 444 g/mol. The van der Waals surface area contributed by atoms with E-state index in [-0.39, 0.29) is 28.8 Å². The van der Waals surface area contributed by atoms with Gasteiger partial charge in [0.2, 0.25) is 15.9 Å². The molecule has 1 N–H and O–H groups in total. The molecule has 2 fully saturated rings. The van der Waals surface area contributed by atoms with E-state index < -0.39 is 15.8 Å². The molecule has 0 saturated carbocycles. The minimum absolute atomic E-state index is 0.0229. The molecule has 10 heteroatoms. The van der Waals surface area contributed by atoms with Crippen molar-refractivity contribution >= 4 is 32.7 Å². The molecule has 2 aromatic carbocycles. The van der Waals surface area contributed by atoms with E-state index in [1.807, 2.05) is 23.1 Å². The topological polar surface area (TPSA) is 107 Å². The van der Waals surface area contributed by atoms with Crippen LogP contribution in [-0.2, 0) is 14.8 Å². The number of aromatic amines is 1. The summed E-state index contributed by atoms with van der Waals surface area (Å²) < 4.78 is 32.9. The number of piperidine rings is 1. The van der Waals surface area contributed by atoms with E-state index >= 15 is 0 Å². The summed E-state index contributed by atoms with van der Waals surface area (Å²) >= 11 is 0. The molecule has 0 radical (unpaired) electrons. The number of amides is 1. The van der Waals surface area contributed by atoms with Crippen LogP contribution in [-0.4, -0.2) is 67.8 Å². The fourth-order valence-electron chi connectivity index (χ4n) is 4.68. The molecule has 1 aromatic heterocycles. The number of H-pyrrole nitrogens is 1. The second-order valence-electron chi connectivity index (χ2n) is 8.52. The number of nitrogens with one attached hydrogen (secondary N) is 1. The summed E-state index contributed by atoms with van der Waals surface area (Å²) in [6.07, 6.45) is 1.30. The highest BCUT2D eigenvalue weighted by molar-refractivity contribution is 7.89. The molecule has 0 aliphatic carbocycles. The lowest BCUT2D eigenvalue weighted by Gasteiger charge is -2.39. The molecule has 3 aromatic rings. The molecular formula is C23H26N4O5S. The molecule has 9 nitrogen and oxygen atoms in total. The maximum Gasteiger partial charge on any atom is 0.417 e. The van der Waals surface area contributed by atoms with Gasteiger partial charge in [-0.25, -0.2) is 13.2 Å². The number of rotatable bonds is 4. The number of nitrogens with zero attached hydrogens (tertiary/aromatic N) is 3. The number of carbonyl (C=O) groups is 1. The van der Waals surface area contributed by atoms with E-state index in [2.05, 4.69) is 22.0 Å². The third-order valence-corrected chi connectivity index (χ3v) is 8.34. The summed E-state index contributed by atoms with van der Waals surface area (Å²) in [6, 6.07) is 14.5. The number of benzene rings is 2. The number of hydrogen-bond acceptors (Lipinski definition) is 6. The molecule has 2 aliphatic heterocycles. The van der Waals surface area contributed by atoms with Gasteiger partial charge in [0.1, 0.15) is 0 Å². The number of para-hydroxylation sites is 1. The Morgan fingerprint density at radius 2 is 1.76 bits per heavy atom. The summed E-state index contributed by atoms with van der Waals surface area (Å²) in [6.45, 7) is 3.29. The van der Waals surface area contributed by atoms with Gasteiger partial charge in [-0.05, 0) is 37.1 Å². The number of piperazine rings is 1. The fourth-order valence-corrected chi connectivity index (χ4v) is 6.22. The molecule has 2 aliphatic rings. The Balaban J connectivity index is 1.26. The highest BCUT2D eigenvalue weighted by Gasteiger charge is 2.36. The zero-order chi connectivity index (χ0) is 23.0. The average Bonchev–Trinajstić information content (AvgIpc) is 3.23. The Bertz CT molecular complexity index is 1310. The highest BCUT2D eigenvalue weighted by Crippen LogP contribution is 2.27. The van der Waals surface area contributed by atoms with Crippen molar-refractivity contribution in [3.8, 4) is 0 Å². The van der Waals surface area contributed by atoms with Gasteiger partial charge in [0.25, 0.3) is 0 Å². The molecule has 174 valence electrons. The average molecular weight is 471 g/mol. The Hall–Kier alpha value is -3.11. The van der Waals surface area contributed by atoms with Crippen molar-refractivity contribution in [2.45, 2.75) is 17.7 Å². The first-order valence-electron chi connectivity index (χ1n) is 11.1. The van der Waals surface area contributed by atoms with Crippen molar-refractivity contribution in [1.82, 2.24) is 14.2 Å². The van der Waals surface area contributed by atoms with Gasteiger partial charge >= 0.3 is 5.76 Å². The minimum atomic E-state index is -3.81. The number of aromatic nitrogens is 1. The monoisotopic (exact) mass is 470 g/mol. The summed E-state index contributed by atoms with van der Waals surface area (Å²) in [5, 5.41) is 0. The number of oxazole rings is 1. The molecule has 3 heterocycles. The normalized spacial score (nSPS) is 20.3. The second kappa shape index (κ2) is 8.68. The Kier molecular flexibility index (Phi) is 5.71. The van der Waals surface area contributed by atoms with Crippen LogP contribution >= 0.6 is 0 Å². The third kappa shape index (κ3) is 4.28. The van der Waals surface area contributed by atoms with Crippen molar-refractivity contribution in [3.63, 3.8) is 0 Å². The number of hydrogen-bond donors (Lipinski definition) is 1. The number of carbonyl (C=O) groups excluding carboxylic acids is 1. The van der Waals surface area contributed by atoms with Gasteiger partial charge in [0, 0.05) is 51.0 Å². The summed E-state index contributed by atoms with van der Waals surface area (Å²) in [7, 11) is -3.81. The zero-order valence-electron chi connectivity index (χ0n) is 18.1. The van der Waals surface area contributed by atoms with Crippen LogP contribution in [0, 0.1) is 5.92 Å². The van der Waals surface area contributed by atoms with Crippen molar-refractivity contribution in [3.05, 3.63) is 59.1 Å². The smallest absolute Gasteiger partial charge is 0.408 e. The first-order chi connectivity index (χ1) is 15.9. The predicted octanol–water partition coefficient (Wildman–Crippen LogP) is 1.87. The molecule has 5 rings (SSSR count). The molecule has 0 spiro atoms. The lowest BCUT2D eigenvalue weighted by molar-refractivity contribution is -0.137. The summed E-state index contributed by atoms with van der Waals surface area (Å²) in [5.74, 6) is -0.962. The SMILES string of the molecule is O=C([C@H]1CCCN(S(=O)(=O)c2ccc3[nH]c(=O)oc3c2)C1)N1CCN(c2ccccc2)CC1. The molecule has 33 heavy (non-hydrogen) atoms. The van der Waals surface area contributed by atoms with E-state index in [0.717, 1.165) is 18.8 Å². The first-order valence-corrected chi connectivity index (χ1v) is 12.6. The van der Waals surface area contributed by atoms with Crippen molar-refractivity contribution in [2.24, 2.45) is 5.92 Å². The van der Waals surface area contributed by atoms with Gasteiger partial charge in [0.05, 0.1) is 16.3 Å². The van der Waals surface area contributed by atoms with Crippen LogP contribution in [0.4, 0.5) is 5.69 Å². The van der Waals surface area contributed by atoms with Gasteiger partial charge in [0.15, 0.2) is 5.58 Å². The van der Waals surface area contributed by atoms with Crippen molar-refractivity contribution < 1.29 is 17.6 Å². The minimum Gasteiger partial charge on any atom is -0.408 e. The van der Waals surface area contributed by atoms with Gasteiger partial charge in [-0.2, -0.15) is 4.31 Å². The van der Waals surface area contributed by atoms with Crippen LogP contribution in [0.5, 0.6) is 0 Å². The Morgan fingerprint density at radius 1 is 1.00 bits per heavy atom. The van der Waals surface area contributed by atoms with Crippen LogP contribution in [0.25, 0.3) is 11.1 Å². The predicted molar refractivity (Wildman–Crippen MR) is 124 cm³/mol. The van der Waals surface area contributed by atoms with Crippen molar-refractivity contribution in [1.29, 1.82) is 0 Å². The third-order valence-electron chi connectivity index (χ3n) is 6.48. The molecule has 0 unspecified atom stereocenters. The molecule has 0 bridgehead atoms. The molecule has 1 amide bonds. The number of fused-ring (bicyclic) bond motifs is 1. The van der Waals surface area contributed by atoms with E-state index in [1.54, 1.807) is 0 Å². The standard InChI is InChI=1S/C23H26N4O5S/c28-22(26-13-11-25(12-14-26)18-6-2-1-3-7-18)17-5-4-10-27(16-17)33(30,31)19-8-9-20-21(15-19)32-23(29)24-20/h1-3,6-9,15,17H,4-5,10-14,16H2,(H,24,29)/t17-/m0/s1. The van der Waals surface area contributed by atoms with Crippen LogP contribution in [0.15, 0.2) is 62.6 Å². The van der Waals surface area contributed by atoms with Crippen LogP contribution in [0.2, 0.25) is 0 Å². The van der Waals surface area contributed by atoms with Gasteiger partial charge in [-0.1, -0.05) is 18.2 Å². The number of sulfonamides is 1. The highest BCUT2D eigenvalue weighted by atomic mass is 32.2. The summed E-state index contributed by atoms with van der Waals surface area (Å²) in [5.41, 5.74) is 1.79. The summed E-state index contributed by atoms with van der Waals surface area (Å²) in [4.78, 5) is 31.3. The first kappa shape index (κ1) is 21.7. The molecule has 1 atom stereocenters.